The van der Waals surface area contributed by atoms with E-state index in [9.17, 15) is 0 Å². The van der Waals surface area contributed by atoms with Gasteiger partial charge in [0.2, 0.25) is 0 Å². The van der Waals surface area contributed by atoms with Crippen molar-refractivity contribution >= 4 is 0 Å². The molecule has 0 amide bonds. The van der Waals surface area contributed by atoms with E-state index in [1.807, 2.05) is 6.07 Å². The van der Waals surface area contributed by atoms with Crippen LogP contribution in [0, 0.1) is 17.8 Å². The zero-order chi connectivity index (χ0) is 15.4. The van der Waals surface area contributed by atoms with E-state index in [1.165, 1.54) is 19.3 Å². The Bertz CT molecular complexity index is 432. The van der Waals surface area contributed by atoms with Gasteiger partial charge in [0.25, 0.3) is 0 Å². The third-order valence-electron chi connectivity index (χ3n) is 4.60. The Kier molecular flexibility index (Phi) is 5.48. The highest BCUT2D eigenvalue weighted by Crippen LogP contribution is 2.40. The van der Waals surface area contributed by atoms with Crippen LogP contribution in [0.1, 0.15) is 44.7 Å². The summed E-state index contributed by atoms with van der Waals surface area (Å²) < 4.78 is 10.7. The maximum atomic E-state index is 5.88. The molecule has 3 unspecified atom stereocenters. The van der Waals surface area contributed by atoms with Gasteiger partial charge < -0.3 is 9.47 Å². The van der Waals surface area contributed by atoms with Gasteiger partial charge in [-0.2, -0.15) is 0 Å². The number of hydrogen-bond donors (Lipinski definition) is 2. The summed E-state index contributed by atoms with van der Waals surface area (Å²) in [7, 11) is 3.35. The molecule has 4 heteroatoms. The summed E-state index contributed by atoms with van der Waals surface area (Å²) in [6.45, 7) is 4.67. The zero-order valence-electron chi connectivity index (χ0n) is 13.6. The van der Waals surface area contributed by atoms with E-state index in [1.54, 1.807) is 14.2 Å². The Morgan fingerprint density at radius 1 is 1.00 bits per heavy atom. The largest absolute Gasteiger partial charge is 0.497 e. The first-order chi connectivity index (χ1) is 10.1. The van der Waals surface area contributed by atoms with Crippen LogP contribution in [0.3, 0.4) is 0 Å². The SMILES string of the molecule is COc1cc(OC)cc(C(NN)C2CC(C)CC(C)C2)c1. The summed E-state index contributed by atoms with van der Waals surface area (Å²) in [5, 5.41) is 0. The molecule has 1 fully saturated rings. The summed E-state index contributed by atoms with van der Waals surface area (Å²) in [5.41, 5.74) is 4.16. The Labute approximate surface area is 128 Å². The Morgan fingerprint density at radius 2 is 1.52 bits per heavy atom. The number of benzene rings is 1. The number of rotatable bonds is 5. The number of nitrogens with two attached hydrogens (primary N) is 1. The van der Waals surface area contributed by atoms with Crippen LogP contribution in [0.15, 0.2) is 18.2 Å². The molecule has 0 spiro atoms. The average Bonchev–Trinajstić information content (AvgIpc) is 2.46. The van der Waals surface area contributed by atoms with Crippen LogP contribution in [0.25, 0.3) is 0 Å². The number of hydrogen-bond acceptors (Lipinski definition) is 4. The summed E-state index contributed by atoms with van der Waals surface area (Å²) in [6.07, 6.45) is 3.73. The van der Waals surface area contributed by atoms with Gasteiger partial charge in [0.15, 0.2) is 0 Å². The minimum atomic E-state index is 0.138. The van der Waals surface area contributed by atoms with Gasteiger partial charge in [0.05, 0.1) is 14.2 Å². The van der Waals surface area contributed by atoms with E-state index in [2.05, 4.69) is 31.4 Å². The van der Waals surface area contributed by atoms with Crippen LogP contribution < -0.4 is 20.7 Å². The quantitative estimate of drug-likeness (QED) is 0.646. The van der Waals surface area contributed by atoms with E-state index in [0.717, 1.165) is 28.9 Å². The third-order valence-corrected chi connectivity index (χ3v) is 4.60. The number of ether oxygens (including phenoxy) is 2. The maximum absolute atomic E-state index is 5.88. The van der Waals surface area contributed by atoms with Crippen molar-refractivity contribution in [3.63, 3.8) is 0 Å². The van der Waals surface area contributed by atoms with Crippen molar-refractivity contribution in [3.05, 3.63) is 23.8 Å². The van der Waals surface area contributed by atoms with Gasteiger partial charge in [-0.25, -0.2) is 0 Å². The fraction of sp³-hybridized carbons (Fsp3) is 0.647. The van der Waals surface area contributed by atoms with Crippen LogP contribution in [0.2, 0.25) is 0 Å². The lowest BCUT2D eigenvalue weighted by molar-refractivity contribution is 0.176. The molecular formula is C17H28N2O2. The predicted octanol–water partition coefficient (Wildman–Crippen LogP) is 3.28. The molecule has 1 saturated carbocycles. The van der Waals surface area contributed by atoms with Gasteiger partial charge in [0.1, 0.15) is 11.5 Å². The first-order valence-electron chi connectivity index (χ1n) is 7.76. The molecule has 0 bridgehead atoms. The van der Waals surface area contributed by atoms with E-state index >= 15 is 0 Å². The Hall–Kier alpha value is -1.26. The average molecular weight is 292 g/mol. The third kappa shape index (κ3) is 3.89. The van der Waals surface area contributed by atoms with Crippen LogP contribution in [-0.2, 0) is 0 Å². The van der Waals surface area contributed by atoms with Crippen molar-refractivity contribution in [2.24, 2.45) is 23.6 Å². The fourth-order valence-corrected chi connectivity index (χ4v) is 3.79. The molecule has 21 heavy (non-hydrogen) atoms. The molecule has 1 aliphatic carbocycles. The molecule has 2 rings (SSSR count). The molecule has 0 saturated heterocycles. The van der Waals surface area contributed by atoms with E-state index in [-0.39, 0.29) is 6.04 Å². The van der Waals surface area contributed by atoms with Crippen LogP contribution in [-0.4, -0.2) is 14.2 Å². The molecule has 118 valence electrons. The highest BCUT2D eigenvalue weighted by Gasteiger charge is 2.30. The molecule has 0 aromatic heterocycles. The van der Waals surface area contributed by atoms with Crippen LogP contribution >= 0.6 is 0 Å². The monoisotopic (exact) mass is 292 g/mol. The maximum Gasteiger partial charge on any atom is 0.122 e. The number of nitrogens with one attached hydrogen (secondary N) is 1. The smallest absolute Gasteiger partial charge is 0.122 e. The zero-order valence-corrected chi connectivity index (χ0v) is 13.6. The standard InChI is InChI=1S/C17H28N2O2/c1-11-5-12(2)7-13(6-11)17(19-18)14-8-15(20-3)10-16(9-14)21-4/h8-13,17,19H,5-7,18H2,1-4H3. The summed E-state index contributed by atoms with van der Waals surface area (Å²) in [4.78, 5) is 0. The lowest BCUT2D eigenvalue weighted by Crippen LogP contribution is -2.37. The highest BCUT2D eigenvalue weighted by molar-refractivity contribution is 5.40. The molecule has 1 aromatic carbocycles. The molecule has 3 N–H and O–H groups in total. The predicted molar refractivity (Wildman–Crippen MR) is 85.3 cm³/mol. The van der Waals surface area contributed by atoms with Gasteiger partial charge in [-0.3, -0.25) is 11.3 Å². The Balaban J connectivity index is 2.27. The fourth-order valence-electron chi connectivity index (χ4n) is 3.79. The van der Waals surface area contributed by atoms with Crippen molar-refractivity contribution in [3.8, 4) is 11.5 Å². The normalized spacial score (nSPS) is 27.2. The topological polar surface area (TPSA) is 56.5 Å². The van der Waals surface area contributed by atoms with Gasteiger partial charge in [-0.05, 0) is 54.7 Å². The highest BCUT2D eigenvalue weighted by atomic mass is 16.5. The summed E-state index contributed by atoms with van der Waals surface area (Å²) in [5.74, 6) is 9.54. The van der Waals surface area contributed by atoms with Crippen molar-refractivity contribution < 1.29 is 9.47 Å². The van der Waals surface area contributed by atoms with Gasteiger partial charge in [-0.15, -0.1) is 0 Å². The van der Waals surface area contributed by atoms with Crippen molar-refractivity contribution in [1.29, 1.82) is 0 Å². The number of hydrazine groups is 1. The van der Waals surface area contributed by atoms with Crippen molar-refractivity contribution in [1.82, 2.24) is 5.43 Å². The lowest BCUT2D eigenvalue weighted by atomic mass is 9.72. The lowest BCUT2D eigenvalue weighted by Gasteiger charge is -2.36. The molecule has 3 atom stereocenters. The van der Waals surface area contributed by atoms with Gasteiger partial charge >= 0.3 is 0 Å². The molecular weight excluding hydrogens is 264 g/mol. The first-order valence-corrected chi connectivity index (χ1v) is 7.76. The van der Waals surface area contributed by atoms with E-state index in [4.69, 9.17) is 15.3 Å². The second-order valence-electron chi connectivity index (χ2n) is 6.47. The van der Waals surface area contributed by atoms with Crippen molar-refractivity contribution in [2.45, 2.75) is 39.2 Å². The molecule has 1 aliphatic rings. The minimum Gasteiger partial charge on any atom is -0.497 e. The molecule has 1 aromatic rings. The first kappa shape index (κ1) is 16.1. The van der Waals surface area contributed by atoms with Crippen LogP contribution in [0.5, 0.6) is 11.5 Å². The molecule has 0 aliphatic heterocycles. The summed E-state index contributed by atoms with van der Waals surface area (Å²) in [6, 6.07) is 6.14. The van der Waals surface area contributed by atoms with Crippen LogP contribution in [0.4, 0.5) is 0 Å². The van der Waals surface area contributed by atoms with Gasteiger partial charge in [-0.1, -0.05) is 13.8 Å². The van der Waals surface area contributed by atoms with Crippen molar-refractivity contribution in [2.75, 3.05) is 14.2 Å². The molecule has 0 heterocycles. The second kappa shape index (κ2) is 7.14. The van der Waals surface area contributed by atoms with E-state index < -0.39 is 0 Å². The summed E-state index contributed by atoms with van der Waals surface area (Å²) >= 11 is 0. The minimum absolute atomic E-state index is 0.138. The number of methoxy groups -OCH3 is 2. The molecule has 4 nitrogen and oxygen atoms in total. The van der Waals surface area contributed by atoms with E-state index in [0.29, 0.717) is 5.92 Å². The molecule has 0 radical (unpaired) electrons. The second-order valence-corrected chi connectivity index (χ2v) is 6.47. The van der Waals surface area contributed by atoms with Gasteiger partial charge in [0, 0.05) is 12.1 Å². The Morgan fingerprint density at radius 3 is 1.95 bits per heavy atom.